The van der Waals surface area contributed by atoms with E-state index < -0.39 is 17.5 Å². The molecule has 4 rings (SSSR count). The van der Waals surface area contributed by atoms with Crippen LogP contribution in [0.25, 0.3) is 11.1 Å². The zero-order valence-corrected chi connectivity index (χ0v) is 17.4. The number of carbonyl (C=O) groups excluding carboxylic acids is 1. The summed E-state index contributed by atoms with van der Waals surface area (Å²) in [4.78, 5) is 20.9. The van der Waals surface area contributed by atoms with E-state index in [2.05, 4.69) is 15.3 Å². The van der Waals surface area contributed by atoms with E-state index >= 15 is 0 Å². The molecule has 3 aromatic carbocycles. The number of rotatable bonds is 7. The summed E-state index contributed by atoms with van der Waals surface area (Å²) in [7, 11) is 0. The molecule has 1 amide bonds. The van der Waals surface area contributed by atoms with Crippen molar-refractivity contribution in [1.29, 1.82) is 0 Å². The van der Waals surface area contributed by atoms with Gasteiger partial charge in [0.15, 0.2) is 5.69 Å². The first kappa shape index (κ1) is 21.1. The lowest BCUT2D eigenvalue weighted by Gasteiger charge is -2.11. The molecule has 0 aliphatic heterocycles. The monoisotopic (exact) mass is 425 g/mol. The molecule has 3 N–H and O–H groups in total. The molecule has 6 nitrogen and oxygen atoms in total. The molecule has 0 spiro atoms. The van der Waals surface area contributed by atoms with Crippen LogP contribution in [0.2, 0.25) is 0 Å². The van der Waals surface area contributed by atoms with Gasteiger partial charge in [-0.1, -0.05) is 84.9 Å². The highest BCUT2D eigenvalue weighted by Crippen LogP contribution is 2.28. The maximum Gasteiger partial charge on any atom is 0.274 e. The van der Waals surface area contributed by atoms with Gasteiger partial charge in [0.1, 0.15) is 5.82 Å². The van der Waals surface area contributed by atoms with Crippen molar-refractivity contribution in [1.82, 2.24) is 15.3 Å². The van der Waals surface area contributed by atoms with Gasteiger partial charge in [0.05, 0.1) is 0 Å². The third-order valence-electron chi connectivity index (χ3n) is 5.12. The van der Waals surface area contributed by atoms with Crippen LogP contribution in [0.5, 0.6) is 11.6 Å². The Labute approximate surface area is 186 Å². The van der Waals surface area contributed by atoms with Crippen LogP contribution in [0.15, 0.2) is 84.9 Å². The Morgan fingerprint density at radius 1 is 0.812 bits per heavy atom. The van der Waals surface area contributed by atoms with Gasteiger partial charge in [-0.25, -0.2) is 4.98 Å². The molecule has 0 saturated heterocycles. The van der Waals surface area contributed by atoms with E-state index in [1.807, 2.05) is 84.9 Å². The van der Waals surface area contributed by atoms with Gasteiger partial charge >= 0.3 is 0 Å². The Morgan fingerprint density at radius 2 is 1.47 bits per heavy atom. The predicted octanol–water partition coefficient (Wildman–Crippen LogP) is 4.12. The second-order valence-electron chi connectivity index (χ2n) is 7.35. The highest BCUT2D eigenvalue weighted by atomic mass is 16.3. The summed E-state index contributed by atoms with van der Waals surface area (Å²) >= 11 is 0. The normalized spacial score (nSPS) is 10.6. The van der Waals surface area contributed by atoms with Gasteiger partial charge in [-0.05, 0) is 28.7 Å². The summed E-state index contributed by atoms with van der Waals surface area (Å²) in [6.07, 6.45) is 0.935. The van der Waals surface area contributed by atoms with Crippen LogP contribution in [0.1, 0.15) is 27.4 Å². The fourth-order valence-corrected chi connectivity index (χ4v) is 3.52. The van der Waals surface area contributed by atoms with Crippen LogP contribution in [0, 0.1) is 0 Å². The van der Waals surface area contributed by atoms with E-state index in [1.54, 1.807) is 0 Å². The number of hydrogen-bond donors (Lipinski definition) is 3. The SMILES string of the molecule is O=C(NCCc1ccccc1)c1nc(Cc2ccccc2-c2ccccc2)nc(O)c1O. The average Bonchev–Trinajstić information content (AvgIpc) is 2.83. The van der Waals surface area contributed by atoms with E-state index in [0.717, 1.165) is 22.3 Å². The zero-order valence-electron chi connectivity index (χ0n) is 17.4. The van der Waals surface area contributed by atoms with E-state index in [9.17, 15) is 15.0 Å². The second kappa shape index (κ2) is 9.75. The molecule has 6 heteroatoms. The largest absolute Gasteiger partial charge is 0.501 e. The third kappa shape index (κ3) is 4.92. The first-order valence-corrected chi connectivity index (χ1v) is 10.4. The number of hydrogen-bond acceptors (Lipinski definition) is 5. The molecule has 0 bridgehead atoms. The molecule has 0 aliphatic carbocycles. The van der Waals surface area contributed by atoms with Crippen molar-refractivity contribution in [3.05, 3.63) is 108 Å². The highest BCUT2D eigenvalue weighted by Gasteiger charge is 2.20. The molecule has 0 atom stereocenters. The minimum Gasteiger partial charge on any atom is -0.501 e. The molecular formula is C26H23N3O3. The van der Waals surface area contributed by atoms with Gasteiger partial charge in [-0.2, -0.15) is 4.98 Å². The van der Waals surface area contributed by atoms with Crippen molar-refractivity contribution < 1.29 is 15.0 Å². The number of amides is 1. The predicted molar refractivity (Wildman–Crippen MR) is 123 cm³/mol. The van der Waals surface area contributed by atoms with E-state index in [1.165, 1.54) is 0 Å². The smallest absolute Gasteiger partial charge is 0.274 e. The van der Waals surface area contributed by atoms with Crippen molar-refractivity contribution in [2.24, 2.45) is 0 Å². The fraction of sp³-hybridized carbons (Fsp3) is 0.115. The Kier molecular flexibility index (Phi) is 6.41. The third-order valence-corrected chi connectivity index (χ3v) is 5.12. The summed E-state index contributed by atoms with van der Waals surface area (Å²) in [6, 6.07) is 27.5. The van der Waals surface area contributed by atoms with Crippen molar-refractivity contribution in [3.8, 4) is 22.8 Å². The molecule has 0 saturated carbocycles. The first-order chi connectivity index (χ1) is 15.6. The van der Waals surface area contributed by atoms with Gasteiger partial charge in [0.25, 0.3) is 11.8 Å². The van der Waals surface area contributed by atoms with Crippen LogP contribution in [-0.2, 0) is 12.8 Å². The van der Waals surface area contributed by atoms with E-state index in [4.69, 9.17) is 0 Å². The molecule has 0 radical (unpaired) electrons. The topological polar surface area (TPSA) is 95.3 Å². The van der Waals surface area contributed by atoms with Gasteiger partial charge in [-0.3, -0.25) is 4.79 Å². The number of carbonyl (C=O) groups is 1. The molecule has 4 aromatic rings. The molecule has 1 aromatic heterocycles. The molecule has 32 heavy (non-hydrogen) atoms. The minimum atomic E-state index is -0.623. The van der Waals surface area contributed by atoms with Crippen LogP contribution < -0.4 is 5.32 Å². The summed E-state index contributed by atoms with van der Waals surface area (Å²) in [5.41, 5.74) is 3.85. The van der Waals surface area contributed by atoms with Crippen LogP contribution >= 0.6 is 0 Å². The van der Waals surface area contributed by atoms with Crippen molar-refractivity contribution >= 4 is 5.91 Å². The molecule has 1 heterocycles. The summed E-state index contributed by atoms with van der Waals surface area (Å²) in [6.45, 7) is 0.374. The molecule has 0 fully saturated rings. The number of aromatic hydroxyl groups is 2. The van der Waals surface area contributed by atoms with Gasteiger partial charge in [0, 0.05) is 13.0 Å². The van der Waals surface area contributed by atoms with Crippen LogP contribution in [0.3, 0.4) is 0 Å². The van der Waals surface area contributed by atoms with Crippen molar-refractivity contribution in [2.45, 2.75) is 12.8 Å². The second-order valence-corrected chi connectivity index (χ2v) is 7.35. The molecular weight excluding hydrogens is 402 g/mol. The zero-order chi connectivity index (χ0) is 22.3. The van der Waals surface area contributed by atoms with Gasteiger partial charge in [-0.15, -0.1) is 0 Å². The number of nitrogens with one attached hydrogen (secondary N) is 1. The van der Waals surface area contributed by atoms with Gasteiger partial charge < -0.3 is 15.5 Å². The number of benzene rings is 3. The maximum absolute atomic E-state index is 12.6. The molecule has 160 valence electrons. The van der Waals surface area contributed by atoms with Crippen LogP contribution in [0.4, 0.5) is 0 Å². The molecule has 0 aliphatic rings. The maximum atomic E-state index is 12.6. The molecule has 0 unspecified atom stereocenters. The van der Waals surface area contributed by atoms with Gasteiger partial charge in [0.2, 0.25) is 5.75 Å². The minimum absolute atomic E-state index is 0.238. The van der Waals surface area contributed by atoms with Crippen molar-refractivity contribution in [3.63, 3.8) is 0 Å². The van der Waals surface area contributed by atoms with E-state index in [-0.39, 0.29) is 11.5 Å². The lowest BCUT2D eigenvalue weighted by Crippen LogP contribution is -2.27. The Hall–Kier alpha value is -4.19. The number of aromatic nitrogens is 2. The highest BCUT2D eigenvalue weighted by molar-refractivity contribution is 5.95. The fourth-order valence-electron chi connectivity index (χ4n) is 3.52. The summed E-state index contributed by atoms with van der Waals surface area (Å²) in [5.74, 6) is -1.55. The average molecular weight is 425 g/mol. The first-order valence-electron chi connectivity index (χ1n) is 10.4. The van der Waals surface area contributed by atoms with E-state index in [0.29, 0.717) is 19.4 Å². The Morgan fingerprint density at radius 3 is 2.22 bits per heavy atom. The Balaban J connectivity index is 1.54. The lowest BCUT2D eigenvalue weighted by atomic mass is 9.97. The summed E-state index contributed by atoms with van der Waals surface area (Å²) < 4.78 is 0. The Bertz CT molecular complexity index is 1210. The van der Waals surface area contributed by atoms with Crippen molar-refractivity contribution in [2.75, 3.05) is 6.54 Å². The summed E-state index contributed by atoms with van der Waals surface area (Å²) in [5, 5.41) is 23.0. The quantitative estimate of drug-likeness (QED) is 0.414. The standard InChI is InChI=1S/C26H23N3O3/c30-24-23(25(31)27-16-15-18-9-3-1-4-10-18)28-22(29-26(24)32)17-20-13-7-8-14-21(20)19-11-5-2-6-12-19/h1-14,30H,15-17H2,(H,27,31)(H,28,29,32). The lowest BCUT2D eigenvalue weighted by molar-refractivity contribution is 0.0944. The number of nitrogens with zero attached hydrogens (tertiary/aromatic N) is 2. The van der Waals surface area contributed by atoms with Crippen LogP contribution in [-0.4, -0.2) is 32.6 Å².